The van der Waals surface area contributed by atoms with Gasteiger partial charge in [-0.3, -0.25) is 9.78 Å². The van der Waals surface area contributed by atoms with Gasteiger partial charge in [0.1, 0.15) is 11.5 Å². The zero-order valence-corrected chi connectivity index (χ0v) is 8.22. The Balaban J connectivity index is 2.55. The third-order valence-electron chi connectivity index (χ3n) is 2.05. The molecule has 2 rings (SSSR count). The molecule has 5 heteroatoms. The standard InChI is InChI=1S/C11H8FN3O/c12-8-3-1-7(2-4-8)9-10(11(13)16)15-6-5-14-9/h1-6H,(H2,13,16). The number of amides is 1. The van der Waals surface area contributed by atoms with E-state index in [1.165, 1.54) is 36.7 Å². The van der Waals surface area contributed by atoms with Crippen molar-refractivity contribution in [1.82, 2.24) is 9.97 Å². The minimum Gasteiger partial charge on any atom is -0.364 e. The van der Waals surface area contributed by atoms with Gasteiger partial charge in [0.15, 0.2) is 5.69 Å². The van der Waals surface area contributed by atoms with Crippen molar-refractivity contribution in [3.63, 3.8) is 0 Å². The van der Waals surface area contributed by atoms with Gasteiger partial charge in [-0.05, 0) is 24.3 Å². The number of benzene rings is 1. The molecule has 0 fully saturated rings. The van der Waals surface area contributed by atoms with Crippen LogP contribution in [0, 0.1) is 5.82 Å². The second kappa shape index (κ2) is 4.06. The topological polar surface area (TPSA) is 68.9 Å². The van der Waals surface area contributed by atoms with Gasteiger partial charge in [-0.25, -0.2) is 9.37 Å². The van der Waals surface area contributed by atoms with Crippen molar-refractivity contribution in [2.75, 3.05) is 0 Å². The summed E-state index contributed by atoms with van der Waals surface area (Å²) in [5, 5.41) is 0. The van der Waals surface area contributed by atoms with Crippen molar-refractivity contribution in [2.24, 2.45) is 5.73 Å². The minimum absolute atomic E-state index is 0.0779. The van der Waals surface area contributed by atoms with Crippen LogP contribution >= 0.6 is 0 Å². The van der Waals surface area contributed by atoms with Gasteiger partial charge in [0.2, 0.25) is 0 Å². The van der Waals surface area contributed by atoms with E-state index in [0.717, 1.165) is 0 Å². The monoisotopic (exact) mass is 217 g/mol. The van der Waals surface area contributed by atoms with Crippen molar-refractivity contribution in [3.05, 3.63) is 48.2 Å². The Bertz CT molecular complexity index is 525. The Hall–Kier alpha value is -2.30. The molecule has 2 aromatic rings. The number of hydrogen-bond acceptors (Lipinski definition) is 3. The van der Waals surface area contributed by atoms with Crippen molar-refractivity contribution in [3.8, 4) is 11.3 Å². The zero-order chi connectivity index (χ0) is 11.5. The van der Waals surface area contributed by atoms with E-state index in [1.54, 1.807) is 0 Å². The van der Waals surface area contributed by atoms with Gasteiger partial charge in [-0.15, -0.1) is 0 Å². The number of nitrogens with zero attached hydrogens (tertiary/aromatic N) is 2. The molecule has 16 heavy (non-hydrogen) atoms. The molecule has 1 aromatic carbocycles. The summed E-state index contributed by atoms with van der Waals surface area (Å²) in [5.74, 6) is -1.01. The van der Waals surface area contributed by atoms with Crippen LogP contribution in [0.5, 0.6) is 0 Å². The molecule has 0 spiro atoms. The highest BCUT2D eigenvalue weighted by Gasteiger charge is 2.12. The summed E-state index contributed by atoms with van der Waals surface area (Å²) in [7, 11) is 0. The van der Waals surface area contributed by atoms with Crippen LogP contribution in [0.15, 0.2) is 36.7 Å². The predicted octanol–water partition coefficient (Wildman–Crippen LogP) is 1.38. The molecule has 0 saturated carbocycles. The first kappa shape index (κ1) is 10.2. The molecule has 80 valence electrons. The molecule has 0 bridgehead atoms. The molecule has 4 nitrogen and oxygen atoms in total. The van der Waals surface area contributed by atoms with Crippen molar-refractivity contribution in [2.45, 2.75) is 0 Å². The molecule has 1 amide bonds. The Morgan fingerprint density at radius 2 is 1.75 bits per heavy atom. The van der Waals surface area contributed by atoms with E-state index in [2.05, 4.69) is 9.97 Å². The number of rotatable bonds is 2. The van der Waals surface area contributed by atoms with Crippen LogP contribution in [0.3, 0.4) is 0 Å². The first-order valence-electron chi connectivity index (χ1n) is 4.55. The van der Waals surface area contributed by atoms with E-state index in [-0.39, 0.29) is 11.5 Å². The maximum atomic E-state index is 12.7. The van der Waals surface area contributed by atoms with E-state index in [1.807, 2.05) is 0 Å². The average Bonchev–Trinajstić information content (AvgIpc) is 2.30. The van der Waals surface area contributed by atoms with Gasteiger partial charge in [-0.1, -0.05) is 0 Å². The minimum atomic E-state index is -0.660. The Labute approximate surface area is 91.0 Å². The maximum absolute atomic E-state index is 12.7. The van der Waals surface area contributed by atoms with Crippen molar-refractivity contribution >= 4 is 5.91 Å². The van der Waals surface area contributed by atoms with Gasteiger partial charge in [0, 0.05) is 18.0 Å². The van der Waals surface area contributed by atoms with Gasteiger partial charge < -0.3 is 5.73 Å². The maximum Gasteiger partial charge on any atom is 0.269 e. The highest BCUT2D eigenvalue weighted by atomic mass is 19.1. The molecular formula is C11H8FN3O. The number of carbonyl (C=O) groups excluding carboxylic acids is 1. The lowest BCUT2D eigenvalue weighted by Gasteiger charge is -2.03. The highest BCUT2D eigenvalue weighted by Crippen LogP contribution is 2.19. The molecular weight excluding hydrogens is 209 g/mol. The van der Waals surface area contributed by atoms with Gasteiger partial charge in [0.25, 0.3) is 5.91 Å². The predicted molar refractivity (Wildman–Crippen MR) is 55.9 cm³/mol. The molecule has 2 N–H and O–H groups in total. The Morgan fingerprint density at radius 1 is 1.12 bits per heavy atom. The second-order valence-electron chi connectivity index (χ2n) is 3.12. The summed E-state index contributed by atoms with van der Waals surface area (Å²) in [6.07, 6.45) is 2.83. The second-order valence-corrected chi connectivity index (χ2v) is 3.12. The number of carbonyl (C=O) groups is 1. The molecule has 0 saturated heterocycles. The molecule has 1 heterocycles. The molecule has 0 aliphatic carbocycles. The lowest BCUT2D eigenvalue weighted by molar-refractivity contribution is 0.0996. The quantitative estimate of drug-likeness (QED) is 0.826. The van der Waals surface area contributed by atoms with Crippen LogP contribution < -0.4 is 5.73 Å². The highest BCUT2D eigenvalue weighted by molar-refractivity contribution is 5.96. The van der Waals surface area contributed by atoms with E-state index >= 15 is 0 Å². The largest absolute Gasteiger partial charge is 0.364 e. The lowest BCUT2D eigenvalue weighted by atomic mass is 10.1. The summed E-state index contributed by atoms with van der Waals surface area (Å²) < 4.78 is 12.7. The summed E-state index contributed by atoms with van der Waals surface area (Å²) in [6.45, 7) is 0. The van der Waals surface area contributed by atoms with E-state index in [4.69, 9.17) is 5.73 Å². The zero-order valence-electron chi connectivity index (χ0n) is 8.22. The van der Waals surface area contributed by atoms with Gasteiger partial charge in [0.05, 0.1) is 0 Å². The third-order valence-corrected chi connectivity index (χ3v) is 2.05. The average molecular weight is 217 g/mol. The first-order chi connectivity index (χ1) is 7.68. The molecule has 0 aliphatic rings. The molecule has 0 radical (unpaired) electrons. The van der Waals surface area contributed by atoms with Crippen LogP contribution in [-0.4, -0.2) is 15.9 Å². The molecule has 0 unspecified atom stereocenters. The van der Waals surface area contributed by atoms with E-state index in [9.17, 15) is 9.18 Å². The van der Waals surface area contributed by atoms with Gasteiger partial charge >= 0.3 is 0 Å². The van der Waals surface area contributed by atoms with Crippen LogP contribution in [0.25, 0.3) is 11.3 Å². The number of halogens is 1. The summed E-state index contributed by atoms with van der Waals surface area (Å²) >= 11 is 0. The number of primary amides is 1. The van der Waals surface area contributed by atoms with Crippen LogP contribution in [-0.2, 0) is 0 Å². The fourth-order valence-corrected chi connectivity index (χ4v) is 1.34. The number of nitrogens with two attached hydrogens (primary N) is 1. The summed E-state index contributed by atoms with van der Waals surface area (Å²) in [4.78, 5) is 19.0. The molecule has 1 aromatic heterocycles. The fraction of sp³-hybridized carbons (Fsp3) is 0. The summed E-state index contributed by atoms with van der Waals surface area (Å²) in [5.41, 5.74) is 6.20. The third kappa shape index (κ3) is 1.88. The number of hydrogen-bond donors (Lipinski definition) is 1. The Kier molecular flexibility index (Phi) is 2.59. The summed E-state index contributed by atoms with van der Waals surface area (Å²) in [6, 6.07) is 5.61. The van der Waals surface area contributed by atoms with E-state index in [0.29, 0.717) is 11.3 Å². The van der Waals surface area contributed by atoms with Crippen LogP contribution in [0.2, 0.25) is 0 Å². The SMILES string of the molecule is NC(=O)c1nccnc1-c1ccc(F)cc1. The first-order valence-corrected chi connectivity index (χ1v) is 4.55. The Morgan fingerprint density at radius 3 is 2.38 bits per heavy atom. The normalized spacial score (nSPS) is 10.1. The smallest absolute Gasteiger partial charge is 0.269 e. The van der Waals surface area contributed by atoms with Crippen LogP contribution in [0.4, 0.5) is 4.39 Å². The van der Waals surface area contributed by atoms with Crippen molar-refractivity contribution in [1.29, 1.82) is 0 Å². The number of aromatic nitrogens is 2. The molecule has 0 atom stereocenters. The fourth-order valence-electron chi connectivity index (χ4n) is 1.34. The lowest BCUT2D eigenvalue weighted by Crippen LogP contribution is -2.15. The van der Waals surface area contributed by atoms with Crippen molar-refractivity contribution < 1.29 is 9.18 Å². The van der Waals surface area contributed by atoms with E-state index < -0.39 is 5.91 Å². The molecule has 0 aliphatic heterocycles. The van der Waals surface area contributed by atoms with Crippen LogP contribution in [0.1, 0.15) is 10.5 Å². The van der Waals surface area contributed by atoms with Gasteiger partial charge in [-0.2, -0.15) is 0 Å².